The molecule has 2 aliphatic rings. The van der Waals surface area contributed by atoms with Crippen LogP contribution in [0.25, 0.3) is 0 Å². The first-order valence-electron chi connectivity index (χ1n) is 11.5. The van der Waals surface area contributed by atoms with Crippen LogP contribution in [0, 0.1) is 13.8 Å². The zero-order valence-electron chi connectivity index (χ0n) is 19.5. The van der Waals surface area contributed by atoms with Gasteiger partial charge in [0.05, 0.1) is 13.2 Å². The minimum atomic E-state index is 0. The lowest BCUT2D eigenvalue weighted by Crippen LogP contribution is -2.48. The van der Waals surface area contributed by atoms with Crippen molar-refractivity contribution in [1.29, 1.82) is 0 Å². The summed E-state index contributed by atoms with van der Waals surface area (Å²) in [4.78, 5) is 21.4. The first kappa shape index (κ1) is 25.9. The molecule has 0 aliphatic carbocycles. The monoisotopic (exact) mass is 542 g/mol. The number of guanidine groups is 1. The third-order valence-corrected chi connectivity index (χ3v) is 6.22. The Balaban J connectivity index is 0.00000341. The minimum absolute atomic E-state index is 0. The van der Waals surface area contributed by atoms with Gasteiger partial charge in [0, 0.05) is 38.6 Å². The number of aliphatic imine (C=N–C) groups is 1. The Morgan fingerprint density at radius 3 is 2.74 bits per heavy atom. The minimum Gasteiger partial charge on any atom is -0.370 e. The predicted molar refractivity (Wildman–Crippen MR) is 137 cm³/mol. The largest absolute Gasteiger partial charge is 0.370 e. The van der Waals surface area contributed by atoms with Crippen molar-refractivity contribution in [3.05, 3.63) is 34.9 Å². The van der Waals surface area contributed by atoms with Gasteiger partial charge in [-0.05, 0) is 51.2 Å². The van der Waals surface area contributed by atoms with Crippen molar-refractivity contribution in [1.82, 2.24) is 15.1 Å². The fraction of sp³-hybridized carbons (Fsp3) is 0.667. The zero-order chi connectivity index (χ0) is 21.5. The van der Waals surface area contributed by atoms with Crippen molar-refractivity contribution in [2.45, 2.75) is 65.5 Å². The van der Waals surface area contributed by atoms with Crippen LogP contribution >= 0.6 is 24.0 Å². The highest BCUT2D eigenvalue weighted by Crippen LogP contribution is 2.26. The van der Waals surface area contributed by atoms with Crippen LogP contribution in [0.5, 0.6) is 0 Å². The molecule has 0 spiro atoms. The number of nitrogens with one attached hydrogen (secondary N) is 1. The van der Waals surface area contributed by atoms with Crippen LogP contribution in [-0.2, 0) is 9.53 Å². The van der Waals surface area contributed by atoms with Crippen molar-refractivity contribution in [2.24, 2.45) is 4.99 Å². The van der Waals surface area contributed by atoms with Gasteiger partial charge in [-0.2, -0.15) is 0 Å². The Kier molecular flexibility index (Phi) is 10.6. The van der Waals surface area contributed by atoms with E-state index in [-0.39, 0.29) is 30.1 Å². The number of hydrogen-bond donors (Lipinski definition) is 1. The van der Waals surface area contributed by atoms with Crippen molar-refractivity contribution in [3.63, 3.8) is 0 Å². The zero-order valence-corrected chi connectivity index (χ0v) is 21.9. The Bertz CT molecular complexity index is 755. The lowest BCUT2D eigenvalue weighted by molar-refractivity contribution is -0.129. The van der Waals surface area contributed by atoms with Crippen LogP contribution in [0.1, 0.15) is 62.3 Å². The van der Waals surface area contributed by atoms with E-state index in [9.17, 15) is 4.79 Å². The van der Waals surface area contributed by atoms with Crippen molar-refractivity contribution >= 4 is 35.8 Å². The SMILES string of the molecule is CCNC(=NCCC(CC)N1CCCC1=O)N1CCOC(c2ccc(C)cc2C)C1.I. The first-order valence-corrected chi connectivity index (χ1v) is 11.5. The maximum absolute atomic E-state index is 12.1. The molecule has 1 N–H and O–H groups in total. The van der Waals surface area contributed by atoms with Gasteiger partial charge < -0.3 is 19.9 Å². The fourth-order valence-electron chi connectivity index (χ4n) is 4.60. The molecule has 7 heteroatoms. The van der Waals surface area contributed by atoms with E-state index >= 15 is 0 Å². The van der Waals surface area contributed by atoms with Crippen LogP contribution in [0.4, 0.5) is 0 Å². The van der Waals surface area contributed by atoms with Crippen LogP contribution < -0.4 is 5.32 Å². The summed E-state index contributed by atoms with van der Waals surface area (Å²) >= 11 is 0. The topological polar surface area (TPSA) is 57.2 Å². The summed E-state index contributed by atoms with van der Waals surface area (Å²) in [7, 11) is 0. The lowest BCUT2D eigenvalue weighted by Gasteiger charge is -2.36. The van der Waals surface area contributed by atoms with Gasteiger partial charge in [0.2, 0.25) is 5.91 Å². The molecule has 0 aromatic heterocycles. The number of nitrogens with zero attached hydrogens (tertiary/aromatic N) is 3. The molecule has 2 heterocycles. The Labute approximate surface area is 204 Å². The van der Waals surface area contributed by atoms with E-state index in [0.717, 1.165) is 57.9 Å². The van der Waals surface area contributed by atoms with Crippen LogP contribution in [0.2, 0.25) is 0 Å². The Morgan fingerprint density at radius 1 is 1.29 bits per heavy atom. The second kappa shape index (κ2) is 12.6. The fourth-order valence-corrected chi connectivity index (χ4v) is 4.60. The number of benzene rings is 1. The van der Waals surface area contributed by atoms with E-state index in [2.05, 4.69) is 61.0 Å². The number of aryl methyl sites for hydroxylation is 2. The van der Waals surface area contributed by atoms with Gasteiger partial charge in [0.1, 0.15) is 6.10 Å². The van der Waals surface area contributed by atoms with E-state index < -0.39 is 0 Å². The average Bonchev–Trinajstić information content (AvgIpc) is 3.16. The number of morpholine rings is 1. The average molecular weight is 543 g/mol. The van der Waals surface area contributed by atoms with Gasteiger partial charge in [-0.25, -0.2) is 0 Å². The summed E-state index contributed by atoms with van der Waals surface area (Å²) < 4.78 is 6.11. The molecule has 0 bridgehead atoms. The Hall–Kier alpha value is -1.35. The van der Waals surface area contributed by atoms with E-state index in [1.165, 1.54) is 16.7 Å². The second-order valence-corrected chi connectivity index (χ2v) is 8.44. The van der Waals surface area contributed by atoms with Crippen LogP contribution in [0.15, 0.2) is 23.2 Å². The number of halogens is 1. The third-order valence-electron chi connectivity index (χ3n) is 6.22. The number of likely N-dealkylation sites (tertiary alicyclic amines) is 1. The smallest absolute Gasteiger partial charge is 0.222 e. The summed E-state index contributed by atoms with van der Waals surface area (Å²) in [6, 6.07) is 6.89. The number of rotatable bonds is 7. The van der Waals surface area contributed by atoms with Gasteiger partial charge in [-0.3, -0.25) is 9.79 Å². The van der Waals surface area contributed by atoms with Gasteiger partial charge in [-0.1, -0.05) is 30.7 Å². The standard InChI is InChI=1S/C24H38N4O2.HI/c1-5-20(28-13-7-8-23(28)29)11-12-26-24(25-6-2)27-14-15-30-22(17-27)21-10-9-18(3)16-19(21)4;/h9-10,16,20,22H,5-8,11-15,17H2,1-4H3,(H,25,26);1H. The predicted octanol–water partition coefficient (Wildman–Crippen LogP) is 4.05. The highest BCUT2D eigenvalue weighted by molar-refractivity contribution is 14.0. The summed E-state index contributed by atoms with van der Waals surface area (Å²) in [5.74, 6) is 1.26. The molecule has 0 radical (unpaired) electrons. The molecule has 174 valence electrons. The molecule has 2 unspecified atom stereocenters. The molecular formula is C24H39IN4O2. The molecule has 1 aromatic carbocycles. The summed E-state index contributed by atoms with van der Waals surface area (Å²) in [6.45, 7) is 13.4. The van der Waals surface area contributed by atoms with Crippen molar-refractivity contribution in [3.8, 4) is 0 Å². The quantitative estimate of drug-likeness (QED) is 0.321. The van der Waals surface area contributed by atoms with Gasteiger partial charge in [-0.15, -0.1) is 24.0 Å². The summed E-state index contributed by atoms with van der Waals surface area (Å²) in [6.07, 6.45) is 3.67. The number of carbonyl (C=O) groups is 1. The van der Waals surface area contributed by atoms with Crippen LogP contribution in [-0.4, -0.2) is 67.0 Å². The summed E-state index contributed by atoms with van der Waals surface area (Å²) in [5.41, 5.74) is 3.82. The second-order valence-electron chi connectivity index (χ2n) is 8.44. The van der Waals surface area contributed by atoms with E-state index in [1.54, 1.807) is 0 Å². The van der Waals surface area contributed by atoms with E-state index in [4.69, 9.17) is 9.73 Å². The van der Waals surface area contributed by atoms with Gasteiger partial charge >= 0.3 is 0 Å². The van der Waals surface area contributed by atoms with Crippen molar-refractivity contribution in [2.75, 3.05) is 39.3 Å². The highest BCUT2D eigenvalue weighted by atomic mass is 127. The number of hydrogen-bond acceptors (Lipinski definition) is 3. The van der Waals surface area contributed by atoms with Crippen LogP contribution in [0.3, 0.4) is 0 Å². The molecule has 2 atom stereocenters. The van der Waals surface area contributed by atoms with Gasteiger partial charge in [0.15, 0.2) is 5.96 Å². The normalized spacial score (nSPS) is 20.6. The Morgan fingerprint density at radius 2 is 2.10 bits per heavy atom. The number of amides is 1. The molecule has 2 saturated heterocycles. The molecule has 1 aromatic rings. The lowest BCUT2D eigenvalue weighted by atomic mass is 10.00. The van der Waals surface area contributed by atoms with Gasteiger partial charge in [0.25, 0.3) is 0 Å². The highest BCUT2D eigenvalue weighted by Gasteiger charge is 2.27. The first-order chi connectivity index (χ1) is 14.5. The molecule has 1 amide bonds. The van der Waals surface area contributed by atoms with Crippen molar-refractivity contribution < 1.29 is 9.53 Å². The molecular weight excluding hydrogens is 503 g/mol. The molecule has 2 aliphatic heterocycles. The summed E-state index contributed by atoms with van der Waals surface area (Å²) in [5, 5.41) is 3.46. The molecule has 31 heavy (non-hydrogen) atoms. The third kappa shape index (κ3) is 6.81. The molecule has 6 nitrogen and oxygen atoms in total. The molecule has 3 rings (SSSR count). The maximum atomic E-state index is 12.1. The molecule has 2 fully saturated rings. The molecule has 0 saturated carbocycles. The maximum Gasteiger partial charge on any atom is 0.222 e. The number of ether oxygens (including phenoxy) is 1. The van der Waals surface area contributed by atoms with E-state index in [1.807, 2.05) is 0 Å². The van der Waals surface area contributed by atoms with E-state index in [0.29, 0.717) is 25.0 Å². The number of carbonyl (C=O) groups excluding carboxylic acids is 1.